The molecule has 0 radical (unpaired) electrons. The predicted molar refractivity (Wildman–Crippen MR) is 102 cm³/mol. The van der Waals surface area contributed by atoms with Crippen LogP contribution in [0.15, 0.2) is 18.6 Å². The fourth-order valence-corrected chi connectivity index (χ4v) is 3.95. The Morgan fingerprint density at radius 3 is 2.74 bits per heavy atom. The minimum atomic E-state index is -0.371. The molecule has 27 heavy (non-hydrogen) atoms. The van der Waals surface area contributed by atoms with Crippen LogP contribution in [0.2, 0.25) is 0 Å². The normalized spacial score (nSPS) is 21.1. The van der Waals surface area contributed by atoms with E-state index < -0.39 is 0 Å². The Kier molecular flexibility index (Phi) is 5.24. The molecule has 2 saturated heterocycles. The van der Waals surface area contributed by atoms with Crippen LogP contribution >= 0.6 is 0 Å². The van der Waals surface area contributed by atoms with Crippen LogP contribution in [0.25, 0.3) is 0 Å². The van der Waals surface area contributed by atoms with Crippen molar-refractivity contribution in [1.82, 2.24) is 19.5 Å². The van der Waals surface area contributed by atoms with E-state index in [0.29, 0.717) is 50.0 Å². The summed E-state index contributed by atoms with van der Waals surface area (Å²) in [6, 6.07) is 0.382. The molecule has 0 spiro atoms. The van der Waals surface area contributed by atoms with Gasteiger partial charge in [0.2, 0.25) is 5.95 Å². The number of imidazole rings is 1. The maximum absolute atomic E-state index is 14.3. The first-order valence-corrected chi connectivity index (χ1v) is 9.76. The van der Waals surface area contributed by atoms with Gasteiger partial charge in [-0.3, -0.25) is 0 Å². The van der Waals surface area contributed by atoms with Gasteiger partial charge in [0.15, 0.2) is 11.6 Å². The number of piperidine rings is 1. The number of ether oxygens (including phenoxy) is 1. The van der Waals surface area contributed by atoms with E-state index in [2.05, 4.69) is 38.3 Å². The molecule has 146 valence electrons. The van der Waals surface area contributed by atoms with Crippen LogP contribution < -0.4 is 9.80 Å². The summed E-state index contributed by atoms with van der Waals surface area (Å²) in [5, 5.41) is 0. The van der Waals surface area contributed by atoms with Crippen LogP contribution in [0, 0.1) is 5.82 Å². The fraction of sp³-hybridized carbons (Fsp3) is 0.632. The van der Waals surface area contributed by atoms with Gasteiger partial charge in [-0.15, -0.1) is 0 Å². The highest BCUT2D eigenvalue weighted by atomic mass is 19.1. The highest BCUT2D eigenvalue weighted by Crippen LogP contribution is 2.30. The number of rotatable bonds is 4. The number of hydrogen-bond donors (Lipinski definition) is 0. The topological polar surface area (TPSA) is 59.3 Å². The lowest BCUT2D eigenvalue weighted by molar-refractivity contribution is 0.122. The van der Waals surface area contributed by atoms with Crippen molar-refractivity contribution in [1.29, 1.82) is 0 Å². The molecule has 2 aliphatic heterocycles. The van der Waals surface area contributed by atoms with Crippen molar-refractivity contribution in [3.8, 4) is 0 Å². The fourth-order valence-electron chi connectivity index (χ4n) is 3.95. The second kappa shape index (κ2) is 7.80. The molecular weight excluding hydrogens is 347 g/mol. The Balaban J connectivity index is 1.55. The predicted octanol–water partition coefficient (Wildman–Crippen LogP) is 2.61. The van der Waals surface area contributed by atoms with Gasteiger partial charge in [0.1, 0.15) is 5.82 Å². The SMILES string of the molecule is CC(C)n1ccnc1[C@@H]1CCCN(c2ncc(F)c(N3CCOCC3)n2)C1. The molecular formula is C19H27FN6O. The average molecular weight is 374 g/mol. The summed E-state index contributed by atoms with van der Waals surface area (Å²) >= 11 is 0. The van der Waals surface area contributed by atoms with Gasteiger partial charge in [0.25, 0.3) is 0 Å². The first-order valence-electron chi connectivity index (χ1n) is 9.76. The van der Waals surface area contributed by atoms with Crippen molar-refractivity contribution in [2.24, 2.45) is 0 Å². The number of anilines is 2. The van der Waals surface area contributed by atoms with Crippen molar-refractivity contribution >= 4 is 11.8 Å². The summed E-state index contributed by atoms with van der Waals surface area (Å²) < 4.78 is 21.9. The number of morpholine rings is 1. The molecule has 0 unspecified atom stereocenters. The lowest BCUT2D eigenvalue weighted by Gasteiger charge is -2.34. The van der Waals surface area contributed by atoms with E-state index in [0.717, 1.165) is 31.8 Å². The summed E-state index contributed by atoms with van der Waals surface area (Å²) in [5.41, 5.74) is 0. The Bertz CT molecular complexity index is 773. The van der Waals surface area contributed by atoms with Crippen LogP contribution in [-0.2, 0) is 4.74 Å². The summed E-state index contributed by atoms with van der Waals surface area (Å²) in [6.07, 6.45) is 7.36. The molecule has 4 rings (SSSR count). The number of aromatic nitrogens is 4. The molecule has 2 fully saturated rings. The zero-order valence-corrected chi connectivity index (χ0v) is 16.0. The molecule has 4 heterocycles. The van der Waals surface area contributed by atoms with Gasteiger partial charge < -0.3 is 19.1 Å². The Labute approximate surface area is 159 Å². The van der Waals surface area contributed by atoms with Gasteiger partial charge in [-0.25, -0.2) is 14.4 Å². The maximum Gasteiger partial charge on any atom is 0.227 e. The van der Waals surface area contributed by atoms with E-state index >= 15 is 0 Å². The minimum Gasteiger partial charge on any atom is -0.378 e. The van der Waals surface area contributed by atoms with Crippen LogP contribution in [0.1, 0.15) is 44.5 Å². The average Bonchev–Trinajstić information content (AvgIpc) is 3.19. The summed E-state index contributed by atoms with van der Waals surface area (Å²) in [7, 11) is 0. The summed E-state index contributed by atoms with van der Waals surface area (Å²) in [4.78, 5) is 17.6. The highest BCUT2D eigenvalue weighted by Gasteiger charge is 2.28. The highest BCUT2D eigenvalue weighted by molar-refractivity contribution is 5.45. The molecule has 0 aromatic carbocycles. The quantitative estimate of drug-likeness (QED) is 0.820. The maximum atomic E-state index is 14.3. The molecule has 0 aliphatic carbocycles. The Hall–Kier alpha value is -2.22. The second-order valence-electron chi connectivity index (χ2n) is 7.51. The largest absolute Gasteiger partial charge is 0.378 e. The molecule has 8 heteroatoms. The third-order valence-corrected chi connectivity index (χ3v) is 5.35. The van der Waals surface area contributed by atoms with E-state index in [1.165, 1.54) is 6.20 Å². The standard InChI is InChI=1S/C19H27FN6O/c1-14(2)26-7-5-21-17(26)15-4-3-6-25(13-15)19-22-12-16(20)18(23-19)24-8-10-27-11-9-24/h5,7,12,14-15H,3-4,6,8-11,13H2,1-2H3/t15-/m1/s1. The zero-order chi connectivity index (χ0) is 18.8. The van der Waals surface area contributed by atoms with Crippen molar-refractivity contribution < 1.29 is 9.13 Å². The van der Waals surface area contributed by atoms with Gasteiger partial charge >= 0.3 is 0 Å². The van der Waals surface area contributed by atoms with E-state index in [1.807, 2.05) is 17.3 Å². The molecule has 2 aromatic heterocycles. The molecule has 7 nitrogen and oxygen atoms in total. The monoisotopic (exact) mass is 374 g/mol. The van der Waals surface area contributed by atoms with Gasteiger partial charge in [0, 0.05) is 50.5 Å². The smallest absolute Gasteiger partial charge is 0.227 e. The van der Waals surface area contributed by atoms with Crippen molar-refractivity contribution in [3.05, 3.63) is 30.2 Å². The van der Waals surface area contributed by atoms with Gasteiger partial charge in [0.05, 0.1) is 19.4 Å². The van der Waals surface area contributed by atoms with Crippen molar-refractivity contribution in [2.75, 3.05) is 49.2 Å². The van der Waals surface area contributed by atoms with Crippen molar-refractivity contribution in [3.63, 3.8) is 0 Å². The number of halogens is 1. The lowest BCUT2D eigenvalue weighted by atomic mass is 9.97. The minimum absolute atomic E-state index is 0.330. The molecule has 2 aliphatic rings. The van der Waals surface area contributed by atoms with Gasteiger partial charge in [-0.1, -0.05) is 0 Å². The van der Waals surface area contributed by atoms with E-state index in [-0.39, 0.29) is 5.82 Å². The number of hydrogen-bond acceptors (Lipinski definition) is 6. The van der Waals surface area contributed by atoms with Crippen LogP contribution in [0.3, 0.4) is 0 Å². The van der Waals surface area contributed by atoms with Crippen LogP contribution in [0.4, 0.5) is 16.2 Å². The van der Waals surface area contributed by atoms with E-state index in [1.54, 1.807) is 0 Å². The first kappa shape index (κ1) is 18.2. The number of nitrogens with zero attached hydrogens (tertiary/aromatic N) is 6. The molecule has 0 N–H and O–H groups in total. The molecule has 0 bridgehead atoms. The third kappa shape index (κ3) is 3.76. The van der Waals surface area contributed by atoms with Gasteiger partial charge in [-0.2, -0.15) is 4.98 Å². The summed E-state index contributed by atoms with van der Waals surface area (Å²) in [5.74, 6) is 2.06. The third-order valence-electron chi connectivity index (χ3n) is 5.35. The molecule has 0 amide bonds. The molecule has 0 saturated carbocycles. The Morgan fingerprint density at radius 1 is 1.15 bits per heavy atom. The summed E-state index contributed by atoms with van der Waals surface area (Å²) in [6.45, 7) is 8.53. The van der Waals surface area contributed by atoms with E-state index in [4.69, 9.17) is 4.74 Å². The lowest BCUT2D eigenvalue weighted by Crippen LogP contribution is -2.39. The van der Waals surface area contributed by atoms with Crippen molar-refractivity contribution in [2.45, 2.75) is 38.6 Å². The van der Waals surface area contributed by atoms with Crippen LogP contribution in [0.5, 0.6) is 0 Å². The zero-order valence-electron chi connectivity index (χ0n) is 16.0. The van der Waals surface area contributed by atoms with E-state index in [9.17, 15) is 4.39 Å². The first-order chi connectivity index (χ1) is 13.1. The second-order valence-corrected chi connectivity index (χ2v) is 7.51. The Morgan fingerprint density at radius 2 is 1.96 bits per heavy atom. The van der Waals surface area contributed by atoms with Crippen LogP contribution in [-0.4, -0.2) is 58.9 Å². The van der Waals surface area contributed by atoms with Gasteiger partial charge in [-0.05, 0) is 26.7 Å². The molecule has 2 aromatic rings. The molecule has 1 atom stereocenters.